The molecule has 0 aromatic rings. The first-order valence-electron chi connectivity index (χ1n) is 10.6. The van der Waals surface area contributed by atoms with Gasteiger partial charge in [0.25, 0.3) is 0 Å². The molecule has 7 heteroatoms. The highest BCUT2D eigenvalue weighted by Gasteiger charge is 2.61. The van der Waals surface area contributed by atoms with E-state index < -0.39 is 48.2 Å². The van der Waals surface area contributed by atoms with Gasteiger partial charge in [-0.2, -0.15) is 0 Å². The van der Waals surface area contributed by atoms with Crippen molar-refractivity contribution in [3.63, 3.8) is 0 Å². The average Bonchev–Trinajstić information content (AvgIpc) is 3.45. The summed E-state index contributed by atoms with van der Waals surface area (Å²) in [5.74, 6) is -2.07. The standard InChI is InChI=1S/C21H30O7/c1-12(2)15(22)17-14(13-11-24-20(26-13)7-3-4-8-20)16(23)18-19(25-17)28-21(27-18)9-5-6-10-21/h13-14,16-19,23H,1,3-11H2,2H3/t13?,14-,16-,17?,18+,19+/m0/s1. The van der Waals surface area contributed by atoms with Crippen LogP contribution in [0.5, 0.6) is 0 Å². The summed E-state index contributed by atoms with van der Waals surface area (Å²) < 4.78 is 30.7. The minimum absolute atomic E-state index is 0.227. The van der Waals surface area contributed by atoms with Crippen molar-refractivity contribution in [1.29, 1.82) is 0 Å². The summed E-state index contributed by atoms with van der Waals surface area (Å²) in [6.07, 6.45) is 3.83. The zero-order valence-corrected chi connectivity index (χ0v) is 16.4. The Morgan fingerprint density at radius 1 is 1.00 bits per heavy atom. The number of carbonyl (C=O) groups is 1. The van der Waals surface area contributed by atoms with Gasteiger partial charge in [0.2, 0.25) is 0 Å². The van der Waals surface area contributed by atoms with Crippen LogP contribution in [0.15, 0.2) is 12.2 Å². The molecule has 3 aliphatic heterocycles. The SMILES string of the molecule is C=C(C)C(=O)C1O[C@@H]2OC3(CCCC3)O[C@@H]2[C@@H](O)[C@@H]1C1COC2(CCCC2)O1. The number of hydrogen-bond acceptors (Lipinski definition) is 7. The molecule has 0 aromatic carbocycles. The molecule has 2 unspecified atom stereocenters. The van der Waals surface area contributed by atoms with Crippen LogP contribution in [0.4, 0.5) is 0 Å². The van der Waals surface area contributed by atoms with Gasteiger partial charge in [0.05, 0.1) is 24.7 Å². The quantitative estimate of drug-likeness (QED) is 0.735. The van der Waals surface area contributed by atoms with Gasteiger partial charge in [-0.25, -0.2) is 0 Å². The van der Waals surface area contributed by atoms with Gasteiger partial charge in [0.15, 0.2) is 23.6 Å². The number of rotatable bonds is 3. The van der Waals surface area contributed by atoms with Crippen LogP contribution in [0.1, 0.15) is 58.3 Å². The Hall–Kier alpha value is -0.830. The summed E-state index contributed by atoms with van der Waals surface area (Å²) in [6, 6.07) is 0. The first kappa shape index (κ1) is 19.2. The number of Topliss-reactive ketones (excluding diaryl/α,β-unsaturated/α-hetero) is 1. The summed E-state index contributed by atoms with van der Waals surface area (Å²) in [5, 5.41) is 11.3. The maximum atomic E-state index is 12.9. The van der Waals surface area contributed by atoms with Gasteiger partial charge in [0, 0.05) is 25.7 Å². The van der Waals surface area contributed by atoms with Crippen LogP contribution >= 0.6 is 0 Å². The minimum atomic E-state index is -0.933. The van der Waals surface area contributed by atoms with Crippen LogP contribution in [0.25, 0.3) is 0 Å². The molecule has 0 amide bonds. The van der Waals surface area contributed by atoms with Crippen LogP contribution in [-0.2, 0) is 28.5 Å². The predicted octanol–water partition coefficient (Wildman–Crippen LogP) is 2.20. The molecule has 2 spiro atoms. The van der Waals surface area contributed by atoms with E-state index in [2.05, 4.69) is 6.58 Å². The monoisotopic (exact) mass is 394 g/mol. The lowest BCUT2D eigenvalue weighted by Gasteiger charge is -2.42. The Bertz CT molecular complexity index is 649. The first-order chi connectivity index (χ1) is 13.4. The van der Waals surface area contributed by atoms with Crippen LogP contribution < -0.4 is 0 Å². The predicted molar refractivity (Wildman–Crippen MR) is 97.2 cm³/mol. The van der Waals surface area contributed by atoms with E-state index in [0.29, 0.717) is 12.2 Å². The molecule has 5 rings (SSSR count). The largest absolute Gasteiger partial charge is 0.390 e. The van der Waals surface area contributed by atoms with E-state index in [1.54, 1.807) is 6.92 Å². The van der Waals surface area contributed by atoms with E-state index >= 15 is 0 Å². The van der Waals surface area contributed by atoms with E-state index in [1.807, 2.05) is 0 Å². The molecule has 0 bridgehead atoms. The highest BCUT2D eigenvalue weighted by atomic mass is 16.8. The Morgan fingerprint density at radius 2 is 1.64 bits per heavy atom. The Kier molecular flexibility index (Phi) is 4.69. The van der Waals surface area contributed by atoms with Gasteiger partial charge in [0.1, 0.15) is 12.2 Å². The van der Waals surface area contributed by atoms with E-state index in [1.165, 1.54) is 0 Å². The zero-order chi connectivity index (χ0) is 19.5. The lowest BCUT2D eigenvalue weighted by Crippen LogP contribution is -2.59. The van der Waals surface area contributed by atoms with Gasteiger partial charge < -0.3 is 28.8 Å². The fourth-order valence-corrected chi connectivity index (χ4v) is 5.57. The fraction of sp³-hybridized carbons (Fsp3) is 0.857. The maximum absolute atomic E-state index is 12.9. The van der Waals surface area contributed by atoms with Gasteiger partial charge in [-0.15, -0.1) is 0 Å². The number of aliphatic hydroxyl groups is 1. The topological polar surface area (TPSA) is 83.5 Å². The van der Waals surface area contributed by atoms with E-state index in [-0.39, 0.29) is 5.78 Å². The van der Waals surface area contributed by atoms with Crippen molar-refractivity contribution in [3.05, 3.63) is 12.2 Å². The second-order valence-electron chi connectivity index (χ2n) is 9.04. The number of hydrogen-bond donors (Lipinski definition) is 1. The molecule has 5 fully saturated rings. The Labute approximate surface area is 165 Å². The normalized spacial score (nSPS) is 43.6. The summed E-state index contributed by atoms with van der Waals surface area (Å²) in [5.41, 5.74) is 0.393. The lowest BCUT2D eigenvalue weighted by molar-refractivity contribution is -0.251. The van der Waals surface area contributed by atoms with E-state index in [9.17, 15) is 9.90 Å². The third-order valence-electron chi connectivity index (χ3n) is 7.03. The average molecular weight is 394 g/mol. The molecule has 28 heavy (non-hydrogen) atoms. The van der Waals surface area contributed by atoms with Crippen LogP contribution in [0.3, 0.4) is 0 Å². The highest BCUT2D eigenvalue weighted by molar-refractivity contribution is 5.98. The van der Waals surface area contributed by atoms with E-state index in [4.69, 9.17) is 23.7 Å². The van der Waals surface area contributed by atoms with Crippen molar-refractivity contribution in [2.24, 2.45) is 5.92 Å². The number of aliphatic hydroxyl groups excluding tert-OH is 1. The third kappa shape index (κ3) is 2.99. The molecular formula is C21H30O7. The zero-order valence-electron chi connectivity index (χ0n) is 16.4. The van der Waals surface area contributed by atoms with Crippen molar-refractivity contribution in [2.45, 2.75) is 101 Å². The van der Waals surface area contributed by atoms with Gasteiger partial charge in [-0.3, -0.25) is 4.79 Å². The summed E-state index contributed by atoms with van der Waals surface area (Å²) in [6.45, 7) is 5.79. The highest BCUT2D eigenvalue weighted by Crippen LogP contribution is 2.49. The first-order valence-corrected chi connectivity index (χ1v) is 10.6. The molecule has 3 heterocycles. The molecule has 7 nitrogen and oxygen atoms in total. The van der Waals surface area contributed by atoms with Gasteiger partial charge in [-0.1, -0.05) is 6.58 Å². The molecule has 2 aliphatic carbocycles. The maximum Gasteiger partial charge on any atom is 0.190 e. The molecule has 2 saturated carbocycles. The second-order valence-corrected chi connectivity index (χ2v) is 9.04. The number of ketones is 1. The van der Waals surface area contributed by atoms with E-state index in [0.717, 1.165) is 51.4 Å². The molecule has 3 saturated heterocycles. The number of ether oxygens (including phenoxy) is 5. The summed E-state index contributed by atoms with van der Waals surface area (Å²) in [7, 11) is 0. The Balaban J connectivity index is 1.42. The van der Waals surface area contributed by atoms with Crippen molar-refractivity contribution in [1.82, 2.24) is 0 Å². The fourth-order valence-electron chi connectivity index (χ4n) is 5.57. The Morgan fingerprint density at radius 3 is 2.29 bits per heavy atom. The molecule has 1 N–H and O–H groups in total. The molecule has 0 radical (unpaired) electrons. The van der Waals surface area contributed by atoms with Crippen LogP contribution in [-0.4, -0.2) is 59.8 Å². The molecule has 6 atom stereocenters. The van der Waals surface area contributed by atoms with Crippen LogP contribution in [0.2, 0.25) is 0 Å². The van der Waals surface area contributed by atoms with Crippen molar-refractivity contribution >= 4 is 5.78 Å². The van der Waals surface area contributed by atoms with Crippen molar-refractivity contribution in [3.8, 4) is 0 Å². The molecule has 0 aromatic heterocycles. The minimum Gasteiger partial charge on any atom is -0.390 e. The summed E-state index contributed by atoms with van der Waals surface area (Å²) in [4.78, 5) is 12.9. The lowest BCUT2D eigenvalue weighted by atomic mass is 9.81. The molecule has 156 valence electrons. The molecule has 5 aliphatic rings. The summed E-state index contributed by atoms with van der Waals surface area (Å²) >= 11 is 0. The number of carbonyl (C=O) groups excluding carboxylic acids is 1. The van der Waals surface area contributed by atoms with Crippen molar-refractivity contribution in [2.75, 3.05) is 6.61 Å². The molecular weight excluding hydrogens is 364 g/mol. The van der Waals surface area contributed by atoms with Crippen molar-refractivity contribution < 1.29 is 33.6 Å². The number of fused-ring (bicyclic) bond motifs is 1. The van der Waals surface area contributed by atoms with Gasteiger partial charge in [-0.05, 0) is 38.2 Å². The van der Waals surface area contributed by atoms with Gasteiger partial charge >= 0.3 is 0 Å². The van der Waals surface area contributed by atoms with Crippen LogP contribution in [0, 0.1) is 5.92 Å². The smallest absolute Gasteiger partial charge is 0.190 e. The third-order valence-corrected chi connectivity index (χ3v) is 7.03. The second kappa shape index (κ2) is 6.86.